The highest BCUT2D eigenvalue weighted by Crippen LogP contribution is 2.40. The van der Waals surface area contributed by atoms with Crippen molar-refractivity contribution in [3.63, 3.8) is 0 Å². The Morgan fingerprint density at radius 2 is 1.88 bits per heavy atom. The SMILES string of the molecule is COc1cc(-c2noc(CCN(Cc3ccco3)C(=O)c3cccs3)n2)cc(OC)c1OC. The molecule has 172 valence electrons. The molecule has 0 radical (unpaired) electrons. The third-order valence-corrected chi connectivity index (χ3v) is 5.79. The first-order chi connectivity index (χ1) is 16.1. The summed E-state index contributed by atoms with van der Waals surface area (Å²) >= 11 is 1.40. The van der Waals surface area contributed by atoms with Gasteiger partial charge in [-0.05, 0) is 35.7 Å². The summed E-state index contributed by atoms with van der Waals surface area (Å²) in [4.78, 5) is 19.8. The maximum absolute atomic E-state index is 13.0. The van der Waals surface area contributed by atoms with Crippen LogP contribution >= 0.6 is 11.3 Å². The molecule has 3 heterocycles. The number of hydrogen-bond donors (Lipinski definition) is 0. The lowest BCUT2D eigenvalue weighted by atomic mass is 10.1. The van der Waals surface area contributed by atoms with E-state index in [9.17, 15) is 4.79 Å². The lowest BCUT2D eigenvalue weighted by molar-refractivity contribution is 0.0735. The molecule has 0 bridgehead atoms. The molecule has 0 saturated carbocycles. The molecule has 0 aliphatic carbocycles. The van der Waals surface area contributed by atoms with Crippen molar-refractivity contribution >= 4 is 17.2 Å². The molecule has 0 fully saturated rings. The number of methoxy groups -OCH3 is 3. The van der Waals surface area contributed by atoms with Gasteiger partial charge < -0.3 is 28.1 Å². The van der Waals surface area contributed by atoms with Gasteiger partial charge in [0.15, 0.2) is 11.5 Å². The topological polar surface area (TPSA) is 100 Å². The van der Waals surface area contributed by atoms with E-state index in [0.29, 0.717) is 64.7 Å². The van der Waals surface area contributed by atoms with Crippen LogP contribution in [-0.4, -0.2) is 48.8 Å². The number of benzene rings is 1. The van der Waals surface area contributed by atoms with Gasteiger partial charge in [0.05, 0.1) is 39.0 Å². The van der Waals surface area contributed by atoms with Gasteiger partial charge in [0.2, 0.25) is 17.5 Å². The van der Waals surface area contributed by atoms with Gasteiger partial charge in [0.25, 0.3) is 5.91 Å². The van der Waals surface area contributed by atoms with Crippen LogP contribution in [0.3, 0.4) is 0 Å². The Balaban J connectivity index is 1.52. The standard InChI is InChI=1S/C23H23N3O6S/c1-28-17-12-15(13-18(29-2)21(17)30-3)22-24-20(32-25-22)8-9-26(14-16-6-4-10-31-16)23(27)19-7-5-11-33-19/h4-7,10-13H,8-9,14H2,1-3H3. The normalized spacial score (nSPS) is 10.8. The second-order valence-corrected chi connectivity index (χ2v) is 7.91. The Bertz CT molecular complexity index is 1160. The molecule has 10 heteroatoms. The molecule has 0 atom stereocenters. The highest BCUT2D eigenvalue weighted by molar-refractivity contribution is 7.12. The number of rotatable bonds is 10. The lowest BCUT2D eigenvalue weighted by Gasteiger charge is -2.20. The summed E-state index contributed by atoms with van der Waals surface area (Å²) in [6.07, 6.45) is 1.97. The van der Waals surface area contributed by atoms with E-state index in [0.717, 1.165) is 0 Å². The summed E-state index contributed by atoms with van der Waals surface area (Å²) in [7, 11) is 4.63. The van der Waals surface area contributed by atoms with Crippen molar-refractivity contribution in [2.24, 2.45) is 0 Å². The van der Waals surface area contributed by atoms with Crippen molar-refractivity contribution in [3.8, 4) is 28.6 Å². The highest BCUT2D eigenvalue weighted by atomic mass is 32.1. The molecule has 0 N–H and O–H groups in total. The van der Waals surface area contributed by atoms with E-state index in [4.69, 9.17) is 23.2 Å². The van der Waals surface area contributed by atoms with Gasteiger partial charge in [-0.25, -0.2) is 0 Å². The van der Waals surface area contributed by atoms with Gasteiger partial charge in [-0.3, -0.25) is 4.79 Å². The molecule has 4 aromatic rings. The van der Waals surface area contributed by atoms with Gasteiger partial charge >= 0.3 is 0 Å². The monoisotopic (exact) mass is 469 g/mol. The summed E-state index contributed by atoms with van der Waals surface area (Å²) in [5.41, 5.74) is 0.654. The molecular weight excluding hydrogens is 446 g/mol. The Kier molecular flexibility index (Phi) is 6.94. The van der Waals surface area contributed by atoms with Crippen LogP contribution in [0.25, 0.3) is 11.4 Å². The van der Waals surface area contributed by atoms with Crippen molar-refractivity contribution in [2.75, 3.05) is 27.9 Å². The lowest BCUT2D eigenvalue weighted by Crippen LogP contribution is -2.32. The van der Waals surface area contributed by atoms with Crippen LogP contribution in [0.1, 0.15) is 21.3 Å². The minimum atomic E-state index is -0.0780. The summed E-state index contributed by atoms with van der Waals surface area (Å²) in [5.74, 6) is 2.87. The number of carbonyl (C=O) groups excluding carboxylic acids is 1. The highest BCUT2D eigenvalue weighted by Gasteiger charge is 2.21. The van der Waals surface area contributed by atoms with Crippen LogP contribution in [0.15, 0.2) is 57.0 Å². The molecule has 0 saturated heterocycles. The van der Waals surface area contributed by atoms with Crippen molar-refractivity contribution in [1.29, 1.82) is 0 Å². The first-order valence-electron chi connectivity index (χ1n) is 10.1. The molecule has 33 heavy (non-hydrogen) atoms. The summed E-state index contributed by atoms with van der Waals surface area (Å²) in [6, 6.07) is 10.8. The quantitative estimate of drug-likeness (QED) is 0.339. The molecule has 1 amide bonds. The third kappa shape index (κ3) is 5.01. The van der Waals surface area contributed by atoms with Gasteiger partial charge in [0.1, 0.15) is 5.76 Å². The largest absolute Gasteiger partial charge is 0.493 e. The Hall–Kier alpha value is -3.79. The predicted molar refractivity (Wildman–Crippen MR) is 121 cm³/mol. The van der Waals surface area contributed by atoms with E-state index in [-0.39, 0.29) is 5.91 Å². The maximum atomic E-state index is 13.0. The number of hydrogen-bond acceptors (Lipinski definition) is 9. The van der Waals surface area contributed by atoms with Gasteiger partial charge in [0, 0.05) is 18.5 Å². The summed E-state index contributed by atoms with van der Waals surface area (Å²) < 4.78 is 27.0. The zero-order chi connectivity index (χ0) is 23.2. The Labute approximate surface area is 194 Å². The average molecular weight is 470 g/mol. The summed E-state index contributed by atoms with van der Waals surface area (Å²) in [6.45, 7) is 0.728. The molecule has 3 aromatic heterocycles. The Morgan fingerprint density at radius 3 is 2.48 bits per heavy atom. The number of furan rings is 1. The van der Waals surface area contributed by atoms with Crippen LogP contribution in [-0.2, 0) is 13.0 Å². The first kappa shape index (κ1) is 22.4. The number of nitrogens with zero attached hydrogens (tertiary/aromatic N) is 3. The van der Waals surface area contributed by atoms with E-state index in [2.05, 4.69) is 10.1 Å². The fourth-order valence-electron chi connectivity index (χ4n) is 3.31. The Morgan fingerprint density at radius 1 is 1.09 bits per heavy atom. The molecule has 4 rings (SSSR count). The molecule has 9 nitrogen and oxygen atoms in total. The number of ether oxygens (including phenoxy) is 3. The average Bonchev–Trinajstić information content (AvgIpc) is 3.63. The first-order valence-corrected chi connectivity index (χ1v) is 11.0. The van der Waals surface area contributed by atoms with Crippen LogP contribution in [0.4, 0.5) is 0 Å². The zero-order valence-corrected chi connectivity index (χ0v) is 19.3. The van der Waals surface area contributed by atoms with E-state index >= 15 is 0 Å². The van der Waals surface area contributed by atoms with Gasteiger partial charge in [-0.2, -0.15) is 4.98 Å². The minimum absolute atomic E-state index is 0.0780. The fraction of sp³-hybridized carbons (Fsp3) is 0.261. The maximum Gasteiger partial charge on any atom is 0.264 e. The molecule has 0 aliphatic heterocycles. The molecule has 0 spiro atoms. The summed E-state index contributed by atoms with van der Waals surface area (Å²) in [5, 5.41) is 5.96. The fourth-order valence-corrected chi connectivity index (χ4v) is 4.00. The number of thiophene rings is 1. The van der Waals surface area contributed by atoms with E-state index in [1.54, 1.807) is 56.8 Å². The van der Waals surface area contributed by atoms with Crippen LogP contribution in [0.5, 0.6) is 17.2 Å². The van der Waals surface area contributed by atoms with Crippen LogP contribution in [0, 0.1) is 0 Å². The van der Waals surface area contributed by atoms with E-state index in [1.165, 1.54) is 11.3 Å². The molecular formula is C23H23N3O6S. The second-order valence-electron chi connectivity index (χ2n) is 6.96. The third-order valence-electron chi connectivity index (χ3n) is 4.93. The predicted octanol–water partition coefficient (Wildman–Crippen LogP) is 4.30. The van der Waals surface area contributed by atoms with Crippen LogP contribution in [0.2, 0.25) is 0 Å². The number of aromatic nitrogens is 2. The second kappa shape index (κ2) is 10.2. The van der Waals surface area contributed by atoms with Crippen molar-refractivity contribution < 1.29 is 27.9 Å². The van der Waals surface area contributed by atoms with Crippen molar-refractivity contribution in [3.05, 3.63) is 64.6 Å². The van der Waals surface area contributed by atoms with Crippen LogP contribution < -0.4 is 14.2 Å². The van der Waals surface area contributed by atoms with Crippen molar-refractivity contribution in [1.82, 2.24) is 15.0 Å². The van der Waals surface area contributed by atoms with E-state index in [1.807, 2.05) is 17.5 Å². The smallest absolute Gasteiger partial charge is 0.264 e. The van der Waals surface area contributed by atoms with Crippen molar-refractivity contribution in [2.45, 2.75) is 13.0 Å². The zero-order valence-electron chi connectivity index (χ0n) is 18.4. The molecule has 0 unspecified atom stereocenters. The number of carbonyl (C=O) groups is 1. The van der Waals surface area contributed by atoms with E-state index < -0.39 is 0 Å². The van der Waals surface area contributed by atoms with Gasteiger partial charge in [-0.1, -0.05) is 11.2 Å². The minimum Gasteiger partial charge on any atom is -0.493 e. The number of amides is 1. The molecule has 1 aromatic carbocycles. The molecule has 0 aliphatic rings. The van der Waals surface area contributed by atoms with Gasteiger partial charge in [-0.15, -0.1) is 11.3 Å².